The summed E-state index contributed by atoms with van der Waals surface area (Å²) in [6, 6.07) is 4.51. The predicted octanol–water partition coefficient (Wildman–Crippen LogP) is 3.55. The van der Waals surface area contributed by atoms with Crippen molar-refractivity contribution < 1.29 is 19.0 Å². The highest BCUT2D eigenvalue weighted by molar-refractivity contribution is 5.74. The first-order valence-corrected chi connectivity index (χ1v) is 7.28. The van der Waals surface area contributed by atoms with Crippen LogP contribution in [0.3, 0.4) is 0 Å². The Morgan fingerprint density at radius 1 is 1.35 bits per heavy atom. The molecule has 1 fully saturated rings. The van der Waals surface area contributed by atoms with Gasteiger partial charge >= 0.3 is 5.97 Å². The summed E-state index contributed by atoms with van der Waals surface area (Å²) in [5.74, 6) is -0.269. The van der Waals surface area contributed by atoms with Gasteiger partial charge in [0.25, 0.3) is 0 Å². The zero-order valence-corrected chi connectivity index (χ0v) is 11.4. The lowest BCUT2D eigenvalue weighted by molar-refractivity contribution is -0.153. The summed E-state index contributed by atoms with van der Waals surface area (Å²) in [7, 11) is 0. The zero-order chi connectivity index (χ0) is 14.2. The molecule has 0 bridgehead atoms. The molecule has 1 aliphatic heterocycles. The number of carboxylic acids is 1. The smallest absolute Gasteiger partial charge is 0.309 e. The second-order valence-corrected chi connectivity index (χ2v) is 6.05. The van der Waals surface area contributed by atoms with Crippen molar-refractivity contribution in [2.45, 2.75) is 51.0 Å². The Labute approximate surface area is 117 Å². The third-order valence-electron chi connectivity index (χ3n) is 4.65. The van der Waals surface area contributed by atoms with Crippen molar-refractivity contribution in [2.24, 2.45) is 5.41 Å². The number of carboxylic acid groups (broad SMARTS) is 1. The van der Waals surface area contributed by atoms with E-state index in [9.17, 15) is 14.3 Å². The number of rotatable bonds is 3. The molecule has 1 aromatic rings. The van der Waals surface area contributed by atoms with Gasteiger partial charge in [-0.1, -0.05) is 19.3 Å². The van der Waals surface area contributed by atoms with Crippen molar-refractivity contribution in [1.82, 2.24) is 0 Å². The highest BCUT2D eigenvalue weighted by Gasteiger charge is 2.43. The van der Waals surface area contributed by atoms with Crippen LogP contribution in [0.1, 0.15) is 44.1 Å². The van der Waals surface area contributed by atoms with Crippen LogP contribution in [0, 0.1) is 11.2 Å². The maximum absolute atomic E-state index is 13.2. The third kappa shape index (κ3) is 2.39. The minimum atomic E-state index is -0.706. The lowest BCUT2D eigenvalue weighted by atomic mass is 9.70. The van der Waals surface area contributed by atoms with Gasteiger partial charge in [0.15, 0.2) is 0 Å². The molecule has 1 N–H and O–H groups in total. The van der Waals surface area contributed by atoms with Crippen LogP contribution in [0.25, 0.3) is 0 Å². The Balaban J connectivity index is 1.74. The van der Waals surface area contributed by atoms with Gasteiger partial charge in [0.2, 0.25) is 0 Å². The molecule has 4 heteroatoms. The number of fused-ring (bicyclic) bond motifs is 1. The Kier molecular flexibility index (Phi) is 3.40. The van der Waals surface area contributed by atoms with Crippen LogP contribution in [0.4, 0.5) is 4.39 Å². The molecule has 20 heavy (non-hydrogen) atoms. The van der Waals surface area contributed by atoms with Gasteiger partial charge in [-0.25, -0.2) is 4.39 Å². The second kappa shape index (κ2) is 5.08. The molecule has 1 heterocycles. The van der Waals surface area contributed by atoms with Gasteiger partial charge in [0.05, 0.1) is 5.41 Å². The summed E-state index contributed by atoms with van der Waals surface area (Å²) < 4.78 is 19.0. The molecule has 1 unspecified atom stereocenters. The van der Waals surface area contributed by atoms with E-state index in [1.807, 2.05) is 0 Å². The maximum atomic E-state index is 13.2. The fourth-order valence-electron chi connectivity index (χ4n) is 3.57. The van der Waals surface area contributed by atoms with E-state index in [1.165, 1.54) is 12.1 Å². The van der Waals surface area contributed by atoms with Crippen LogP contribution in [0.2, 0.25) is 0 Å². The number of benzene rings is 1. The molecule has 3 rings (SSSR count). The molecule has 0 radical (unpaired) electrons. The van der Waals surface area contributed by atoms with Gasteiger partial charge in [0, 0.05) is 18.4 Å². The first kappa shape index (κ1) is 13.4. The van der Waals surface area contributed by atoms with E-state index >= 15 is 0 Å². The van der Waals surface area contributed by atoms with Crippen molar-refractivity contribution in [3.8, 4) is 5.75 Å². The number of hydrogen-bond donors (Lipinski definition) is 1. The first-order chi connectivity index (χ1) is 9.59. The average molecular weight is 278 g/mol. The van der Waals surface area contributed by atoms with E-state index in [0.29, 0.717) is 18.6 Å². The molecule has 0 amide bonds. The van der Waals surface area contributed by atoms with Gasteiger partial charge < -0.3 is 9.84 Å². The summed E-state index contributed by atoms with van der Waals surface area (Å²) in [6.07, 6.45) is 5.52. The molecule has 0 saturated heterocycles. The number of ether oxygens (including phenoxy) is 1. The summed E-state index contributed by atoms with van der Waals surface area (Å²) in [5, 5.41) is 9.59. The SMILES string of the molecule is O=C(O)C1(CC2Cc3cc(F)ccc3O2)CCCCC1. The monoisotopic (exact) mass is 278 g/mol. The Bertz CT molecular complexity index is 520. The normalized spacial score (nSPS) is 23.9. The van der Waals surface area contributed by atoms with Crippen molar-refractivity contribution in [3.63, 3.8) is 0 Å². The second-order valence-electron chi connectivity index (χ2n) is 6.05. The van der Waals surface area contributed by atoms with Crippen molar-refractivity contribution in [2.75, 3.05) is 0 Å². The Hall–Kier alpha value is -1.58. The van der Waals surface area contributed by atoms with Crippen molar-refractivity contribution in [3.05, 3.63) is 29.6 Å². The third-order valence-corrected chi connectivity index (χ3v) is 4.65. The molecule has 3 nitrogen and oxygen atoms in total. The molecular formula is C16H19FO3. The molecule has 0 spiro atoms. The fraction of sp³-hybridized carbons (Fsp3) is 0.562. The van der Waals surface area contributed by atoms with Crippen molar-refractivity contribution >= 4 is 5.97 Å². The summed E-state index contributed by atoms with van der Waals surface area (Å²) in [4.78, 5) is 11.7. The van der Waals surface area contributed by atoms with E-state index in [4.69, 9.17) is 4.74 Å². The van der Waals surface area contributed by atoms with E-state index in [1.54, 1.807) is 6.07 Å². The number of aliphatic carboxylic acids is 1. The van der Waals surface area contributed by atoms with E-state index in [0.717, 1.165) is 37.7 Å². The van der Waals surface area contributed by atoms with E-state index in [2.05, 4.69) is 0 Å². The van der Waals surface area contributed by atoms with Gasteiger partial charge in [-0.2, -0.15) is 0 Å². The standard InChI is InChI=1S/C16H19FO3/c17-12-4-5-14-11(8-12)9-13(20-14)10-16(15(18)19)6-2-1-3-7-16/h4-5,8,13H,1-3,6-7,9-10H2,(H,18,19). The molecule has 108 valence electrons. The van der Waals surface area contributed by atoms with Crippen LogP contribution >= 0.6 is 0 Å². The molecule has 1 atom stereocenters. The van der Waals surface area contributed by atoms with E-state index < -0.39 is 11.4 Å². The molecule has 2 aliphatic rings. The summed E-state index contributed by atoms with van der Waals surface area (Å²) >= 11 is 0. The van der Waals surface area contributed by atoms with Gasteiger partial charge in [-0.3, -0.25) is 4.79 Å². The van der Waals surface area contributed by atoms with Gasteiger partial charge in [0.1, 0.15) is 17.7 Å². The van der Waals surface area contributed by atoms with Crippen LogP contribution in [-0.4, -0.2) is 17.2 Å². The Morgan fingerprint density at radius 3 is 2.80 bits per heavy atom. The average Bonchev–Trinajstić information content (AvgIpc) is 2.80. The highest BCUT2D eigenvalue weighted by atomic mass is 19.1. The first-order valence-electron chi connectivity index (χ1n) is 7.28. The van der Waals surface area contributed by atoms with Gasteiger partial charge in [-0.05, 0) is 31.0 Å². The Morgan fingerprint density at radius 2 is 2.10 bits per heavy atom. The zero-order valence-electron chi connectivity index (χ0n) is 11.4. The van der Waals surface area contributed by atoms with Crippen molar-refractivity contribution in [1.29, 1.82) is 0 Å². The largest absolute Gasteiger partial charge is 0.490 e. The lowest BCUT2D eigenvalue weighted by Crippen LogP contribution is -2.38. The quantitative estimate of drug-likeness (QED) is 0.919. The van der Waals surface area contributed by atoms with E-state index in [-0.39, 0.29) is 11.9 Å². The number of hydrogen-bond acceptors (Lipinski definition) is 2. The molecule has 1 aromatic carbocycles. The molecule has 1 saturated carbocycles. The topological polar surface area (TPSA) is 46.5 Å². The predicted molar refractivity (Wildman–Crippen MR) is 72.3 cm³/mol. The maximum Gasteiger partial charge on any atom is 0.309 e. The highest BCUT2D eigenvalue weighted by Crippen LogP contribution is 2.43. The number of carbonyl (C=O) groups is 1. The number of halogens is 1. The van der Waals surface area contributed by atoms with Crippen LogP contribution in [0.15, 0.2) is 18.2 Å². The summed E-state index contributed by atoms with van der Waals surface area (Å²) in [5.41, 5.74) is 0.204. The van der Waals surface area contributed by atoms with Gasteiger partial charge in [-0.15, -0.1) is 0 Å². The lowest BCUT2D eigenvalue weighted by Gasteiger charge is -2.34. The molecular weight excluding hydrogens is 259 g/mol. The van der Waals surface area contributed by atoms with Crippen LogP contribution < -0.4 is 4.74 Å². The minimum Gasteiger partial charge on any atom is -0.490 e. The molecule has 0 aromatic heterocycles. The summed E-state index contributed by atoms with van der Waals surface area (Å²) in [6.45, 7) is 0. The van der Waals surface area contributed by atoms with Crippen LogP contribution in [-0.2, 0) is 11.2 Å². The minimum absolute atomic E-state index is 0.138. The fourth-order valence-corrected chi connectivity index (χ4v) is 3.57. The van der Waals surface area contributed by atoms with Crippen LogP contribution in [0.5, 0.6) is 5.75 Å². The molecule has 1 aliphatic carbocycles.